The summed E-state index contributed by atoms with van der Waals surface area (Å²) in [7, 11) is 0. The summed E-state index contributed by atoms with van der Waals surface area (Å²) < 4.78 is 6.88. The van der Waals surface area contributed by atoms with E-state index in [1.807, 2.05) is 45.0 Å². The van der Waals surface area contributed by atoms with E-state index in [1.54, 1.807) is 12.1 Å². The van der Waals surface area contributed by atoms with Gasteiger partial charge in [0.25, 0.3) is 5.56 Å². The van der Waals surface area contributed by atoms with Crippen molar-refractivity contribution in [2.45, 2.75) is 27.3 Å². The van der Waals surface area contributed by atoms with Crippen molar-refractivity contribution in [1.82, 2.24) is 15.1 Å². The van der Waals surface area contributed by atoms with Crippen molar-refractivity contribution in [3.05, 3.63) is 69.6 Å². The number of nitrogens with zero attached hydrogens (tertiary/aromatic N) is 2. The molecule has 1 aromatic heterocycles. The molecule has 0 aliphatic rings. The maximum atomic E-state index is 12.5. The summed E-state index contributed by atoms with van der Waals surface area (Å²) >= 11 is 0. The quantitative estimate of drug-likeness (QED) is 0.681. The summed E-state index contributed by atoms with van der Waals surface area (Å²) in [6.45, 7) is 6.44. The molecule has 0 spiro atoms. The summed E-state index contributed by atoms with van der Waals surface area (Å²) in [6, 6.07) is 13.3. The number of aromatic nitrogens is 2. The first-order valence-electron chi connectivity index (χ1n) is 8.88. The Bertz CT molecular complexity index is 1020. The molecule has 6 nitrogen and oxygen atoms in total. The van der Waals surface area contributed by atoms with Crippen LogP contribution < -0.4 is 15.6 Å². The highest BCUT2D eigenvalue weighted by Crippen LogP contribution is 2.15. The van der Waals surface area contributed by atoms with Crippen LogP contribution in [0.5, 0.6) is 5.75 Å². The number of benzene rings is 2. The Morgan fingerprint density at radius 1 is 1.07 bits per heavy atom. The number of fused-ring (bicyclic) bond motifs is 1. The lowest BCUT2D eigenvalue weighted by Gasteiger charge is -2.11. The molecule has 140 valence electrons. The van der Waals surface area contributed by atoms with Gasteiger partial charge in [-0.1, -0.05) is 24.3 Å². The van der Waals surface area contributed by atoms with Gasteiger partial charge in [-0.15, -0.1) is 0 Å². The zero-order chi connectivity index (χ0) is 19.4. The van der Waals surface area contributed by atoms with E-state index < -0.39 is 0 Å². The van der Waals surface area contributed by atoms with Gasteiger partial charge in [0, 0.05) is 5.39 Å². The molecule has 3 rings (SSSR count). The van der Waals surface area contributed by atoms with Gasteiger partial charge in [-0.05, 0) is 50.1 Å². The number of aryl methyl sites for hydroxylation is 3. The number of carbonyl (C=O) groups excluding carboxylic acids is 1. The molecule has 0 unspecified atom stereocenters. The van der Waals surface area contributed by atoms with E-state index in [0.717, 1.165) is 28.0 Å². The van der Waals surface area contributed by atoms with Gasteiger partial charge in [0.05, 0.1) is 17.6 Å². The van der Waals surface area contributed by atoms with E-state index >= 15 is 0 Å². The van der Waals surface area contributed by atoms with E-state index in [-0.39, 0.29) is 18.0 Å². The molecule has 0 fully saturated rings. The molecular formula is C21H23N3O3. The number of ether oxygens (including phenoxy) is 1. The Morgan fingerprint density at radius 3 is 2.44 bits per heavy atom. The van der Waals surface area contributed by atoms with Crippen molar-refractivity contribution >= 4 is 16.7 Å². The first-order valence-corrected chi connectivity index (χ1v) is 8.88. The van der Waals surface area contributed by atoms with Crippen LogP contribution >= 0.6 is 0 Å². The van der Waals surface area contributed by atoms with Crippen molar-refractivity contribution in [2.24, 2.45) is 0 Å². The summed E-state index contributed by atoms with van der Waals surface area (Å²) in [5, 5.41) is 8.38. The third-order valence-electron chi connectivity index (χ3n) is 4.23. The normalized spacial score (nSPS) is 10.8. The number of carbonyl (C=O) groups is 1. The smallest absolute Gasteiger partial charge is 0.275 e. The lowest BCUT2D eigenvalue weighted by Crippen LogP contribution is -2.35. The maximum absolute atomic E-state index is 12.5. The van der Waals surface area contributed by atoms with Crippen LogP contribution in [0.3, 0.4) is 0 Å². The molecule has 0 aliphatic carbocycles. The molecule has 0 atom stereocenters. The fraction of sp³-hybridized carbons (Fsp3) is 0.286. The highest BCUT2D eigenvalue weighted by Gasteiger charge is 2.10. The fourth-order valence-electron chi connectivity index (χ4n) is 3.08. The molecule has 1 N–H and O–H groups in total. The highest BCUT2D eigenvalue weighted by molar-refractivity contribution is 5.83. The van der Waals surface area contributed by atoms with Crippen LogP contribution in [0.1, 0.15) is 16.8 Å². The lowest BCUT2D eigenvalue weighted by atomic mass is 10.1. The van der Waals surface area contributed by atoms with Crippen LogP contribution in [-0.4, -0.2) is 28.8 Å². The number of amides is 1. The van der Waals surface area contributed by atoms with Gasteiger partial charge in [0.2, 0.25) is 5.91 Å². The third-order valence-corrected chi connectivity index (χ3v) is 4.23. The lowest BCUT2D eigenvalue weighted by molar-refractivity contribution is -0.122. The zero-order valence-corrected chi connectivity index (χ0v) is 15.8. The molecule has 0 radical (unpaired) electrons. The van der Waals surface area contributed by atoms with Gasteiger partial charge < -0.3 is 10.1 Å². The standard InChI is InChI=1S/C21H23N3O3/c1-14-10-15(2)12-17(11-14)27-9-8-22-20(25)13-24-21(26)19-7-5-4-6-18(19)16(3)23-24/h4-7,10-12H,8-9,13H2,1-3H3,(H,22,25). The molecule has 0 saturated carbocycles. The van der Waals surface area contributed by atoms with Crippen molar-refractivity contribution in [3.8, 4) is 5.75 Å². The SMILES string of the molecule is Cc1cc(C)cc(OCCNC(=O)Cn2nc(C)c3ccccc3c2=O)c1. The first-order chi connectivity index (χ1) is 12.9. The summed E-state index contributed by atoms with van der Waals surface area (Å²) in [5.74, 6) is 0.507. The minimum atomic E-state index is -0.275. The molecule has 0 saturated heterocycles. The predicted molar refractivity (Wildman–Crippen MR) is 105 cm³/mol. The Balaban J connectivity index is 1.57. The molecule has 3 aromatic rings. The van der Waals surface area contributed by atoms with Crippen molar-refractivity contribution < 1.29 is 9.53 Å². The van der Waals surface area contributed by atoms with Gasteiger partial charge in [-0.2, -0.15) is 5.10 Å². The maximum Gasteiger partial charge on any atom is 0.275 e. The van der Waals surface area contributed by atoms with Gasteiger partial charge in [-0.25, -0.2) is 4.68 Å². The Labute approximate surface area is 157 Å². The molecule has 0 bridgehead atoms. The summed E-state index contributed by atoms with van der Waals surface area (Å²) in [5.41, 5.74) is 2.71. The molecule has 1 amide bonds. The second-order valence-corrected chi connectivity index (χ2v) is 6.62. The van der Waals surface area contributed by atoms with E-state index in [0.29, 0.717) is 18.5 Å². The van der Waals surface area contributed by atoms with Crippen LogP contribution in [0.2, 0.25) is 0 Å². The number of nitrogens with one attached hydrogen (secondary N) is 1. The van der Waals surface area contributed by atoms with E-state index in [4.69, 9.17) is 4.74 Å². The topological polar surface area (TPSA) is 73.2 Å². The van der Waals surface area contributed by atoms with Crippen LogP contribution in [0.4, 0.5) is 0 Å². The first kappa shape index (κ1) is 18.6. The molecule has 1 heterocycles. The average molecular weight is 365 g/mol. The Morgan fingerprint density at radius 2 is 1.74 bits per heavy atom. The molecule has 6 heteroatoms. The number of hydrogen-bond donors (Lipinski definition) is 1. The van der Waals surface area contributed by atoms with Crippen molar-refractivity contribution in [1.29, 1.82) is 0 Å². The fourth-order valence-corrected chi connectivity index (χ4v) is 3.08. The van der Waals surface area contributed by atoms with Crippen molar-refractivity contribution in [2.75, 3.05) is 13.2 Å². The monoisotopic (exact) mass is 365 g/mol. The summed E-state index contributed by atoms with van der Waals surface area (Å²) in [6.07, 6.45) is 0. The molecular weight excluding hydrogens is 342 g/mol. The third kappa shape index (κ3) is 4.53. The average Bonchev–Trinajstić information content (AvgIpc) is 2.62. The van der Waals surface area contributed by atoms with Crippen LogP contribution in [0.15, 0.2) is 47.3 Å². The van der Waals surface area contributed by atoms with Gasteiger partial charge in [0.1, 0.15) is 18.9 Å². The molecule has 27 heavy (non-hydrogen) atoms. The van der Waals surface area contributed by atoms with Gasteiger partial charge in [-0.3, -0.25) is 9.59 Å². The predicted octanol–water partition coefficient (Wildman–Crippen LogP) is 2.52. The minimum Gasteiger partial charge on any atom is -0.492 e. The van der Waals surface area contributed by atoms with Crippen LogP contribution in [-0.2, 0) is 11.3 Å². The van der Waals surface area contributed by atoms with E-state index in [1.165, 1.54) is 4.68 Å². The highest BCUT2D eigenvalue weighted by atomic mass is 16.5. The van der Waals surface area contributed by atoms with E-state index in [2.05, 4.69) is 16.5 Å². The Kier molecular flexibility index (Phi) is 5.54. The van der Waals surface area contributed by atoms with Crippen molar-refractivity contribution in [3.63, 3.8) is 0 Å². The number of hydrogen-bond acceptors (Lipinski definition) is 4. The van der Waals surface area contributed by atoms with Gasteiger partial charge >= 0.3 is 0 Å². The summed E-state index contributed by atoms with van der Waals surface area (Å²) in [4.78, 5) is 24.7. The second-order valence-electron chi connectivity index (χ2n) is 6.62. The zero-order valence-electron chi connectivity index (χ0n) is 15.8. The Hall–Kier alpha value is -3.15. The number of rotatable bonds is 6. The van der Waals surface area contributed by atoms with Crippen LogP contribution in [0, 0.1) is 20.8 Å². The van der Waals surface area contributed by atoms with Crippen LogP contribution in [0.25, 0.3) is 10.8 Å². The molecule has 0 aliphatic heterocycles. The minimum absolute atomic E-state index is 0.117. The van der Waals surface area contributed by atoms with Gasteiger partial charge in [0.15, 0.2) is 0 Å². The molecule has 2 aromatic carbocycles. The second kappa shape index (κ2) is 8.03. The van der Waals surface area contributed by atoms with E-state index in [9.17, 15) is 9.59 Å². The largest absolute Gasteiger partial charge is 0.492 e.